The molecule has 0 radical (unpaired) electrons. The fraction of sp³-hybridized carbons (Fsp3) is 0.0769. The lowest BCUT2D eigenvalue weighted by molar-refractivity contribution is 0.871. The van der Waals surface area contributed by atoms with Gasteiger partial charge in [-0.15, -0.1) is 0 Å². The Morgan fingerprint density at radius 3 is 2.22 bits per heavy atom. The van der Waals surface area contributed by atoms with Gasteiger partial charge in [-0.3, -0.25) is 0 Å². The van der Waals surface area contributed by atoms with Crippen LogP contribution in [-0.2, 0) is 0 Å². The molecule has 0 heterocycles. The van der Waals surface area contributed by atoms with Crippen LogP contribution in [0.25, 0.3) is 0 Å². The molecular formula is C13H9BrCl3N. The molecule has 1 atom stereocenters. The van der Waals surface area contributed by atoms with Crippen LogP contribution < -0.4 is 5.73 Å². The second-order valence-corrected chi connectivity index (χ2v) is 5.95. The quantitative estimate of drug-likeness (QED) is 0.752. The average molecular weight is 365 g/mol. The summed E-state index contributed by atoms with van der Waals surface area (Å²) in [6.07, 6.45) is 0. The van der Waals surface area contributed by atoms with E-state index in [-0.39, 0.29) is 6.04 Å². The van der Waals surface area contributed by atoms with E-state index in [9.17, 15) is 0 Å². The Balaban J connectivity index is 2.44. The van der Waals surface area contributed by atoms with E-state index >= 15 is 0 Å². The first-order chi connectivity index (χ1) is 8.49. The molecule has 1 nitrogen and oxygen atoms in total. The molecule has 0 amide bonds. The van der Waals surface area contributed by atoms with Gasteiger partial charge in [0.05, 0.1) is 16.1 Å². The van der Waals surface area contributed by atoms with E-state index in [0.29, 0.717) is 15.1 Å². The summed E-state index contributed by atoms with van der Waals surface area (Å²) < 4.78 is 0.928. The second kappa shape index (κ2) is 5.81. The summed E-state index contributed by atoms with van der Waals surface area (Å²) in [5.41, 5.74) is 7.90. The number of halogens is 4. The first-order valence-electron chi connectivity index (χ1n) is 5.14. The number of hydrogen-bond acceptors (Lipinski definition) is 1. The van der Waals surface area contributed by atoms with Gasteiger partial charge in [0, 0.05) is 9.50 Å². The predicted octanol–water partition coefficient (Wildman–Crippen LogP) is 5.46. The molecule has 2 aromatic rings. The van der Waals surface area contributed by atoms with Crippen molar-refractivity contribution in [2.24, 2.45) is 5.73 Å². The Morgan fingerprint density at radius 2 is 1.56 bits per heavy atom. The van der Waals surface area contributed by atoms with Crippen LogP contribution in [0.3, 0.4) is 0 Å². The monoisotopic (exact) mass is 363 g/mol. The van der Waals surface area contributed by atoms with Crippen LogP contribution in [0, 0.1) is 0 Å². The minimum absolute atomic E-state index is 0.343. The Bertz CT molecular complexity index is 586. The molecule has 0 aliphatic heterocycles. The number of benzene rings is 2. The first-order valence-corrected chi connectivity index (χ1v) is 7.07. The van der Waals surface area contributed by atoms with Gasteiger partial charge in [-0.1, -0.05) is 56.8 Å². The maximum Gasteiger partial charge on any atom is 0.0595 e. The van der Waals surface area contributed by atoms with Crippen molar-refractivity contribution in [2.45, 2.75) is 6.04 Å². The summed E-state index contributed by atoms with van der Waals surface area (Å²) >= 11 is 21.4. The zero-order chi connectivity index (χ0) is 13.3. The Labute approximate surface area is 129 Å². The van der Waals surface area contributed by atoms with E-state index in [2.05, 4.69) is 15.9 Å². The third kappa shape index (κ3) is 3.01. The molecule has 18 heavy (non-hydrogen) atoms. The number of rotatable bonds is 2. The lowest BCUT2D eigenvalue weighted by Gasteiger charge is -2.15. The van der Waals surface area contributed by atoms with Crippen molar-refractivity contribution in [3.63, 3.8) is 0 Å². The summed E-state index contributed by atoms with van der Waals surface area (Å²) in [6, 6.07) is 10.6. The van der Waals surface area contributed by atoms with Crippen LogP contribution in [0.15, 0.2) is 40.9 Å². The fourth-order valence-corrected chi connectivity index (χ4v) is 2.56. The van der Waals surface area contributed by atoms with E-state index < -0.39 is 0 Å². The molecule has 2 N–H and O–H groups in total. The first kappa shape index (κ1) is 14.2. The van der Waals surface area contributed by atoms with Crippen molar-refractivity contribution in [2.75, 3.05) is 0 Å². The summed E-state index contributed by atoms with van der Waals surface area (Å²) in [5, 5.41) is 1.61. The second-order valence-electron chi connectivity index (χ2n) is 3.82. The van der Waals surface area contributed by atoms with Crippen LogP contribution in [-0.4, -0.2) is 0 Å². The van der Waals surface area contributed by atoms with Crippen LogP contribution in [0.4, 0.5) is 0 Å². The number of hydrogen-bond donors (Lipinski definition) is 1. The van der Waals surface area contributed by atoms with Gasteiger partial charge in [0.15, 0.2) is 0 Å². The summed E-state index contributed by atoms with van der Waals surface area (Å²) in [7, 11) is 0. The van der Waals surface area contributed by atoms with Crippen molar-refractivity contribution in [3.8, 4) is 0 Å². The highest BCUT2D eigenvalue weighted by molar-refractivity contribution is 9.10. The van der Waals surface area contributed by atoms with Crippen LogP contribution in [0.2, 0.25) is 15.1 Å². The molecule has 2 rings (SSSR count). The normalized spacial score (nSPS) is 12.5. The standard InChI is InChI=1S/C13H9BrCl3N/c14-8-2-4-10(15)9(6-8)13(18)7-1-3-11(16)12(17)5-7/h1-6,13H,18H2. The largest absolute Gasteiger partial charge is 0.320 e. The smallest absolute Gasteiger partial charge is 0.0595 e. The molecule has 2 aromatic carbocycles. The molecule has 0 fully saturated rings. The van der Waals surface area contributed by atoms with Gasteiger partial charge < -0.3 is 5.73 Å². The molecule has 0 aliphatic carbocycles. The van der Waals surface area contributed by atoms with E-state index in [4.69, 9.17) is 40.5 Å². The minimum atomic E-state index is -0.343. The molecule has 1 unspecified atom stereocenters. The Morgan fingerprint density at radius 1 is 0.889 bits per heavy atom. The average Bonchev–Trinajstić information content (AvgIpc) is 2.35. The Kier molecular flexibility index (Phi) is 4.57. The minimum Gasteiger partial charge on any atom is -0.320 e. The number of nitrogens with two attached hydrogens (primary N) is 1. The zero-order valence-corrected chi connectivity index (χ0v) is 13.0. The van der Waals surface area contributed by atoms with Gasteiger partial charge in [-0.25, -0.2) is 0 Å². The molecule has 0 saturated heterocycles. The molecule has 94 valence electrons. The molecule has 0 bridgehead atoms. The van der Waals surface area contributed by atoms with E-state index in [1.165, 1.54) is 0 Å². The molecule has 0 spiro atoms. The maximum atomic E-state index is 6.20. The van der Waals surface area contributed by atoms with Crippen molar-refractivity contribution in [1.82, 2.24) is 0 Å². The maximum absolute atomic E-state index is 6.20. The van der Waals surface area contributed by atoms with Gasteiger partial charge in [-0.2, -0.15) is 0 Å². The summed E-state index contributed by atoms with van der Waals surface area (Å²) in [6.45, 7) is 0. The van der Waals surface area contributed by atoms with Crippen molar-refractivity contribution < 1.29 is 0 Å². The summed E-state index contributed by atoms with van der Waals surface area (Å²) in [4.78, 5) is 0. The van der Waals surface area contributed by atoms with Crippen LogP contribution >= 0.6 is 50.7 Å². The van der Waals surface area contributed by atoms with Crippen molar-refractivity contribution in [3.05, 3.63) is 67.1 Å². The van der Waals surface area contributed by atoms with Crippen LogP contribution in [0.1, 0.15) is 17.2 Å². The van der Waals surface area contributed by atoms with Crippen molar-refractivity contribution >= 4 is 50.7 Å². The highest BCUT2D eigenvalue weighted by Crippen LogP contribution is 2.32. The van der Waals surface area contributed by atoms with Gasteiger partial charge in [-0.05, 0) is 41.5 Å². The van der Waals surface area contributed by atoms with Crippen molar-refractivity contribution in [1.29, 1.82) is 0 Å². The lowest BCUT2D eigenvalue weighted by atomic mass is 10.00. The third-order valence-corrected chi connectivity index (χ3v) is 4.17. The molecule has 0 aliphatic rings. The highest BCUT2D eigenvalue weighted by atomic mass is 79.9. The molecular weight excluding hydrogens is 356 g/mol. The lowest BCUT2D eigenvalue weighted by Crippen LogP contribution is -2.12. The zero-order valence-electron chi connectivity index (χ0n) is 9.13. The van der Waals surface area contributed by atoms with Gasteiger partial charge >= 0.3 is 0 Å². The summed E-state index contributed by atoms with van der Waals surface area (Å²) in [5.74, 6) is 0. The van der Waals surface area contributed by atoms with E-state index in [0.717, 1.165) is 15.6 Å². The van der Waals surface area contributed by atoms with Crippen LogP contribution in [0.5, 0.6) is 0 Å². The topological polar surface area (TPSA) is 26.0 Å². The van der Waals surface area contributed by atoms with E-state index in [1.54, 1.807) is 18.2 Å². The SMILES string of the molecule is NC(c1ccc(Cl)c(Cl)c1)c1cc(Br)ccc1Cl. The van der Waals surface area contributed by atoms with Gasteiger partial charge in [0.1, 0.15) is 0 Å². The fourth-order valence-electron chi connectivity index (χ4n) is 1.64. The molecule has 0 saturated carbocycles. The molecule has 0 aromatic heterocycles. The third-order valence-electron chi connectivity index (χ3n) is 2.60. The molecule has 5 heteroatoms. The van der Waals surface area contributed by atoms with Gasteiger partial charge in [0.25, 0.3) is 0 Å². The Hall–Kier alpha value is -0.250. The predicted molar refractivity (Wildman–Crippen MR) is 81.6 cm³/mol. The van der Waals surface area contributed by atoms with Gasteiger partial charge in [0.2, 0.25) is 0 Å². The van der Waals surface area contributed by atoms with E-state index in [1.807, 2.05) is 18.2 Å². The highest BCUT2D eigenvalue weighted by Gasteiger charge is 2.14.